The molecule has 3 aliphatic rings. The van der Waals surface area contributed by atoms with Crippen LogP contribution >= 0.6 is 11.8 Å². The summed E-state index contributed by atoms with van der Waals surface area (Å²) in [6.07, 6.45) is 2.74. The molecule has 1 fully saturated rings. The van der Waals surface area contributed by atoms with E-state index in [0.29, 0.717) is 59.2 Å². The van der Waals surface area contributed by atoms with Crippen molar-refractivity contribution in [2.75, 3.05) is 65.2 Å². The van der Waals surface area contributed by atoms with Gasteiger partial charge in [-0.1, -0.05) is 12.6 Å². The van der Waals surface area contributed by atoms with E-state index >= 15 is 0 Å². The number of methoxy groups -OCH3 is 1. The van der Waals surface area contributed by atoms with Gasteiger partial charge in [-0.05, 0) is 36.4 Å². The van der Waals surface area contributed by atoms with Gasteiger partial charge < -0.3 is 20.3 Å². The fraction of sp³-hybridized carbons (Fsp3) is 0.250. The number of amides is 2. The fourth-order valence-electron chi connectivity index (χ4n) is 4.89. The zero-order valence-corrected chi connectivity index (χ0v) is 22.8. The molecule has 12 heteroatoms. The molecule has 0 radical (unpaired) electrons. The van der Waals surface area contributed by atoms with Gasteiger partial charge in [0.05, 0.1) is 25.0 Å². The number of rotatable bonds is 7. The van der Waals surface area contributed by atoms with Crippen LogP contribution in [-0.2, 0) is 4.79 Å². The summed E-state index contributed by atoms with van der Waals surface area (Å²) in [5.74, 6) is 3.54. The molecule has 4 heterocycles. The first-order valence-electron chi connectivity index (χ1n) is 12.9. The molecule has 3 aromatic rings. The Hall–Kier alpha value is -4.58. The first-order valence-corrected chi connectivity index (χ1v) is 14.1. The SMILES string of the molecule is C=CC(=O)Nc1cccc(N2C3=NCCN3C(=O)c3cnc(Nc4ccc(N5CCSCC5)cc4OC)nc32)c1. The van der Waals surface area contributed by atoms with Crippen LogP contribution in [-0.4, -0.2) is 77.4 Å². The summed E-state index contributed by atoms with van der Waals surface area (Å²) in [6, 6.07) is 13.3. The van der Waals surface area contributed by atoms with E-state index in [9.17, 15) is 9.59 Å². The highest BCUT2D eigenvalue weighted by Gasteiger charge is 2.40. The van der Waals surface area contributed by atoms with Gasteiger partial charge in [0.25, 0.3) is 5.91 Å². The molecule has 0 spiro atoms. The second-order valence-electron chi connectivity index (χ2n) is 9.26. The third-order valence-corrected chi connectivity index (χ3v) is 7.78. The Labute approximate surface area is 235 Å². The van der Waals surface area contributed by atoms with E-state index in [0.717, 1.165) is 30.3 Å². The highest BCUT2D eigenvalue weighted by atomic mass is 32.2. The number of aliphatic imine (C=N–C) groups is 1. The third kappa shape index (κ3) is 4.81. The fourth-order valence-corrected chi connectivity index (χ4v) is 5.79. The monoisotopic (exact) mass is 556 g/mol. The molecule has 1 aromatic heterocycles. The Bertz CT molecular complexity index is 1520. The Morgan fingerprint density at radius 2 is 1.98 bits per heavy atom. The molecule has 40 heavy (non-hydrogen) atoms. The summed E-state index contributed by atoms with van der Waals surface area (Å²) in [5.41, 5.74) is 3.44. The maximum absolute atomic E-state index is 13.3. The Kier molecular flexibility index (Phi) is 6.99. The highest BCUT2D eigenvalue weighted by molar-refractivity contribution is 7.99. The van der Waals surface area contributed by atoms with Crippen LogP contribution in [0.2, 0.25) is 0 Å². The first-order chi connectivity index (χ1) is 19.6. The van der Waals surface area contributed by atoms with Gasteiger partial charge in [0, 0.05) is 54.8 Å². The number of hydrogen-bond acceptors (Lipinski definition) is 10. The van der Waals surface area contributed by atoms with Crippen molar-refractivity contribution in [3.8, 4) is 5.75 Å². The van der Waals surface area contributed by atoms with Crippen molar-refractivity contribution in [2.45, 2.75) is 0 Å². The number of hydrogen-bond donors (Lipinski definition) is 2. The van der Waals surface area contributed by atoms with Crippen molar-refractivity contribution in [1.82, 2.24) is 14.9 Å². The molecule has 2 aromatic carbocycles. The Morgan fingerprint density at radius 1 is 1.12 bits per heavy atom. The molecule has 2 amide bonds. The minimum atomic E-state index is -0.320. The van der Waals surface area contributed by atoms with E-state index in [4.69, 9.17) is 9.72 Å². The van der Waals surface area contributed by atoms with E-state index in [-0.39, 0.29) is 11.8 Å². The molecule has 6 rings (SSSR count). The maximum atomic E-state index is 13.3. The zero-order valence-electron chi connectivity index (χ0n) is 22.0. The van der Waals surface area contributed by atoms with Gasteiger partial charge in [-0.3, -0.25) is 24.4 Å². The van der Waals surface area contributed by atoms with Crippen LogP contribution in [0, 0.1) is 0 Å². The van der Waals surface area contributed by atoms with Gasteiger partial charge in [-0.25, -0.2) is 4.98 Å². The lowest BCUT2D eigenvalue weighted by atomic mass is 10.1. The van der Waals surface area contributed by atoms with Crippen molar-refractivity contribution in [3.63, 3.8) is 0 Å². The predicted octanol–water partition coefficient (Wildman–Crippen LogP) is 3.87. The number of nitrogens with one attached hydrogen (secondary N) is 2. The number of aromatic nitrogens is 2. The van der Waals surface area contributed by atoms with Crippen LogP contribution in [0.1, 0.15) is 10.4 Å². The number of fused-ring (bicyclic) bond motifs is 2. The second kappa shape index (κ2) is 10.9. The van der Waals surface area contributed by atoms with Crippen molar-refractivity contribution < 1.29 is 14.3 Å². The number of guanidine groups is 1. The van der Waals surface area contributed by atoms with Crippen molar-refractivity contribution >= 4 is 64.1 Å². The molecule has 2 N–H and O–H groups in total. The molecule has 0 saturated carbocycles. The van der Waals surface area contributed by atoms with E-state index in [2.05, 4.69) is 38.2 Å². The quantitative estimate of drug-likeness (QED) is 0.419. The zero-order chi connectivity index (χ0) is 27.6. The number of anilines is 6. The third-order valence-electron chi connectivity index (χ3n) is 6.84. The number of carbonyl (C=O) groups excluding carboxylic acids is 2. The van der Waals surface area contributed by atoms with Gasteiger partial charge in [-0.2, -0.15) is 16.7 Å². The number of nitrogens with zero attached hydrogens (tertiary/aromatic N) is 6. The molecule has 1 saturated heterocycles. The number of thioether (sulfide) groups is 1. The number of carbonyl (C=O) groups is 2. The minimum Gasteiger partial charge on any atom is -0.494 e. The number of ether oxygens (including phenoxy) is 1. The average molecular weight is 557 g/mol. The normalized spacial score (nSPS) is 16.2. The molecule has 0 atom stereocenters. The van der Waals surface area contributed by atoms with Crippen LogP contribution < -0.4 is 25.2 Å². The van der Waals surface area contributed by atoms with Crippen molar-refractivity contribution in [1.29, 1.82) is 0 Å². The van der Waals surface area contributed by atoms with Crippen LogP contribution in [0.25, 0.3) is 0 Å². The molecule has 0 unspecified atom stereocenters. The molecule has 11 nitrogen and oxygen atoms in total. The van der Waals surface area contributed by atoms with Crippen LogP contribution in [0.3, 0.4) is 0 Å². The molecular weight excluding hydrogens is 528 g/mol. The minimum absolute atomic E-state index is 0.202. The Balaban J connectivity index is 1.36. The van der Waals surface area contributed by atoms with Gasteiger partial charge >= 0.3 is 0 Å². The van der Waals surface area contributed by atoms with Gasteiger partial charge in [0.15, 0.2) is 5.82 Å². The van der Waals surface area contributed by atoms with E-state index < -0.39 is 0 Å². The summed E-state index contributed by atoms with van der Waals surface area (Å²) in [4.78, 5) is 44.8. The lowest BCUT2D eigenvalue weighted by Crippen LogP contribution is -2.48. The van der Waals surface area contributed by atoms with Crippen LogP contribution in [0.4, 0.5) is 34.5 Å². The standard InChI is InChI=1S/C28H28N8O3S/c1-3-24(37)31-18-5-4-6-20(15-18)36-25-21(26(38)35-10-9-29-28(35)36)17-30-27(33-25)32-22-8-7-19(16-23(22)39-2)34-11-13-40-14-12-34/h3-8,15-17H,1,9-14H2,2H3,(H,31,37)(H,30,32,33). The highest BCUT2D eigenvalue weighted by Crippen LogP contribution is 2.37. The van der Waals surface area contributed by atoms with Gasteiger partial charge in [0.1, 0.15) is 11.3 Å². The lowest BCUT2D eigenvalue weighted by Gasteiger charge is -2.35. The van der Waals surface area contributed by atoms with E-state index in [1.165, 1.54) is 12.3 Å². The maximum Gasteiger partial charge on any atom is 0.266 e. The van der Waals surface area contributed by atoms with Crippen LogP contribution in [0.15, 0.2) is 66.3 Å². The van der Waals surface area contributed by atoms with Gasteiger partial charge in [0.2, 0.25) is 17.8 Å². The smallest absolute Gasteiger partial charge is 0.266 e. The molecule has 0 bridgehead atoms. The average Bonchev–Trinajstić information content (AvgIpc) is 3.48. The first kappa shape index (κ1) is 25.7. The lowest BCUT2D eigenvalue weighted by molar-refractivity contribution is -0.111. The Morgan fingerprint density at radius 3 is 2.77 bits per heavy atom. The van der Waals surface area contributed by atoms with E-state index in [1.54, 1.807) is 24.1 Å². The molecule has 204 valence electrons. The predicted molar refractivity (Wildman–Crippen MR) is 159 cm³/mol. The van der Waals surface area contributed by atoms with Crippen molar-refractivity contribution in [3.05, 3.63) is 66.9 Å². The summed E-state index contributed by atoms with van der Waals surface area (Å²) < 4.78 is 5.70. The van der Waals surface area contributed by atoms with Gasteiger partial charge in [-0.15, -0.1) is 0 Å². The molecule has 0 aliphatic carbocycles. The topological polar surface area (TPSA) is 115 Å². The van der Waals surface area contributed by atoms with Crippen LogP contribution in [0.5, 0.6) is 5.75 Å². The molecular formula is C28H28N8O3S. The van der Waals surface area contributed by atoms with Crippen molar-refractivity contribution in [2.24, 2.45) is 4.99 Å². The summed E-state index contributed by atoms with van der Waals surface area (Å²) in [7, 11) is 1.63. The summed E-state index contributed by atoms with van der Waals surface area (Å²) in [6.45, 7) is 6.46. The number of benzene rings is 2. The van der Waals surface area contributed by atoms with E-state index in [1.807, 2.05) is 40.9 Å². The largest absolute Gasteiger partial charge is 0.494 e. The summed E-state index contributed by atoms with van der Waals surface area (Å²) in [5, 5.41) is 6.05. The summed E-state index contributed by atoms with van der Waals surface area (Å²) >= 11 is 1.96. The second-order valence-corrected chi connectivity index (χ2v) is 10.5. The molecule has 3 aliphatic heterocycles.